The summed E-state index contributed by atoms with van der Waals surface area (Å²) in [6.07, 6.45) is 0. The first-order valence-corrected chi connectivity index (χ1v) is 5.76. The Hall–Kier alpha value is -2.04. The quantitative estimate of drug-likeness (QED) is 0.909. The number of aryl methyl sites for hydroxylation is 1. The molecule has 96 valence electrons. The van der Waals surface area contributed by atoms with E-state index in [1.54, 1.807) is 23.9 Å². The van der Waals surface area contributed by atoms with Gasteiger partial charge in [0.2, 0.25) is 0 Å². The summed E-state index contributed by atoms with van der Waals surface area (Å²) in [6, 6.07) is 4.86. The molecule has 0 spiro atoms. The van der Waals surface area contributed by atoms with Crippen LogP contribution in [0.4, 0.5) is 10.2 Å². The SMILES string of the molecule is CCOc1ccc(-c2c(C)c(N)nn2C)cc1F. The molecule has 1 heterocycles. The third-order valence-electron chi connectivity index (χ3n) is 2.83. The second kappa shape index (κ2) is 4.68. The largest absolute Gasteiger partial charge is 0.491 e. The van der Waals surface area contributed by atoms with Crippen LogP contribution in [0.3, 0.4) is 0 Å². The summed E-state index contributed by atoms with van der Waals surface area (Å²) in [6.45, 7) is 4.12. The fraction of sp³-hybridized carbons (Fsp3) is 0.308. The molecule has 0 aliphatic carbocycles. The van der Waals surface area contributed by atoms with E-state index in [1.165, 1.54) is 6.07 Å². The van der Waals surface area contributed by atoms with Crippen LogP contribution in [-0.4, -0.2) is 16.4 Å². The predicted molar refractivity (Wildman–Crippen MR) is 68.9 cm³/mol. The van der Waals surface area contributed by atoms with Crippen molar-refractivity contribution in [3.8, 4) is 17.0 Å². The molecular formula is C13H16FN3O. The highest BCUT2D eigenvalue weighted by Crippen LogP contribution is 2.29. The molecule has 0 fully saturated rings. The molecule has 0 bridgehead atoms. The molecule has 0 atom stereocenters. The lowest BCUT2D eigenvalue weighted by Crippen LogP contribution is -1.97. The van der Waals surface area contributed by atoms with Crippen LogP contribution in [0.15, 0.2) is 18.2 Å². The monoisotopic (exact) mass is 249 g/mol. The minimum Gasteiger partial charge on any atom is -0.491 e. The number of nitrogen functional groups attached to an aromatic ring is 1. The Kier molecular flexibility index (Phi) is 3.23. The van der Waals surface area contributed by atoms with Crippen molar-refractivity contribution in [2.24, 2.45) is 7.05 Å². The molecule has 0 saturated heterocycles. The molecule has 1 aromatic heterocycles. The van der Waals surface area contributed by atoms with Gasteiger partial charge in [-0.25, -0.2) is 4.39 Å². The van der Waals surface area contributed by atoms with Crippen molar-refractivity contribution in [1.82, 2.24) is 9.78 Å². The Morgan fingerprint density at radius 1 is 1.44 bits per heavy atom. The van der Waals surface area contributed by atoms with Gasteiger partial charge in [0.05, 0.1) is 12.3 Å². The molecule has 2 aromatic rings. The van der Waals surface area contributed by atoms with Crippen molar-refractivity contribution < 1.29 is 9.13 Å². The number of ether oxygens (including phenoxy) is 1. The number of hydrogen-bond acceptors (Lipinski definition) is 3. The van der Waals surface area contributed by atoms with E-state index < -0.39 is 0 Å². The van der Waals surface area contributed by atoms with E-state index >= 15 is 0 Å². The Balaban J connectivity index is 2.49. The van der Waals surface area contributed by atoms with Crippen LogP contribution in [0.5, 0.6) is 5.75 Å². The van der Waals surface area contributed by atoms with Gasteiger partial charge in [-0.05, 0) is 32.0 Å². The lowest BCUT2D eigenvalue weighted by atomic mass is 10.1. The zero-order valence-corrected chi connectivity index (χ0v) is 10.7. The zero-order chi connectivity index (χ0) is 13.3. The first kappa shape index (κ1) is 12.4. The van der Waals surface area contributed by atoms with Crippen LogP contribution in [0, 0.1) is 12.7 Å². The van der Waals surface area contributed by atoms with E-state index in [1.807, 2.05) is 13.8 Å². The van der Waals surface area contributed by atoms with Crippen LogP contribution in [-0.2, 0) is 7.05 Å². The van der Waals surface area contributed by atoms with Gasteiger partial charge in [-0.3, -0.25) is 4.68 Å². The van der Waals surface area contributed by atoms with Crippen molar-refractivity contribution in [3.63, 3.8) is 0 Å². The smallest absolute Gasteiger partial charge is 0.165 e. The lowest BCUT2D eigenvalue weighted by Gasteiger charge is -2.08. The molecule has 0 radical (unpaired) electrons. The Morgan fingerprint density at radius 2 is 2.17 bits per heavy atom. The minimum absolute atomic E-state index is 0.258. The van der Waals surface area contributed by atoms with Gasteiger partial charge in [-0.1, -0.05) is 0 Å². The van der Waals surface area contributed by atoms with Gasteiger partial charge in [0.1, 0.15) is 5.82 Å². The third-order valence-corrected chi connectivity index (χ3v) is 2.83. The summed E-state index contributed by atoms with van der Waals surface area (Å²) >= 11 is 0. The number of anilines is 1. The molecular weight excluding hydrogens is 233 g/mol. The summed E-state index contributed by atoms with van der Waals surface area (Å²) in [5.74, 6) is 0.337. The van der Waals surface area contributed by atoms with Crippen molar-refractivity contribution in [3.05, 3.63) is 29.6 Å². The molecule has 0 saturated carbocycles. The van der Waals surface area contributed by atoms with Gasteiger partial charge in [0.25, 0.3) is 0 Å². The average molecular weight is 249 g/mol. The number of halogens is 1. The maximum atomic E-state index is 13.8. The predicted octanol–water partition coefficient (Wildman–Crippen LogP) is 2.52. The van der Waals surface area contributed by atoms with Crippen LogP contribution < -0.4 is 10.5 Å². The van der Waals surface area contributed by atoms with E-state index in [0.29, 0.717) is 12.4 Å². The number of aromatic nitrogens is 2. The summed E-state index contributed by atoms with van der Waals surface area (Å²) in [5.41, 5.74) is 8.14. The number of rotatable bonds is 3. The first-order valence-electron chi connectivity index (χ1n) is 5.76. The number of hydrogen-bond donors (Lipinski definition) is 1. The molecule has 2 N–H and O–H groups in total. The highest BCUT2D eigenvalue weighted by molar-refractivity contribution is 5.68. The van der Waals surface area contributed by atoms with Gasteiger partial charge >= 0.3 is 0 Å². The maximum Gasteiger partial charge on any atom is 0.165 e. The molecule has 1 aromatic carbocycles. The van der Waals surface area contributed by atoms with E-state index in [-0.39, 0.29) is 11.6 Å². The third kappa shape index (κ3) is 2.03. The summed E-state index contributed by atoms with van der Waals surface area (Å²) in [7, 11) is 1.78. The Morgan fingerprint density at radius 3 is 2.67 bits per heavy atom. The number of nitrogens with zero attached hydrogens (tertiary/aromatic N) is 2. The van der Waals surface area contributed by atoms with E-state index in [0.717, 1.165) is 16.8 Å². The van der Waals surface area contributed by atoms with Crippen LogP contribution in [0.25, 0.3) is 11.3 Å². The average Bonchev–Trinajstić information content (AvgIpc) is 2.56. The lowest BCUT2D eigenvalue weighted by molar-refractivity contribution is 0.321. The van der Waals surface area contributed by atoms with Crippen molar-refractivity contribution in [2.45, 2.75) is 13.8 Å². The summed E-state index contributed by atoms with van der Waals surface area (Å²) in [5, 5.41) is 4.12. The molecule has 0 aliphatic heterocycles. The van der Waals surface area contributed by atoms with Crippen LogP contribution >= 0.6 is 0 Å². The molecule has 2 rings (SSSR count). The second-order valence-corrected chi connectivity index (χ2v) is 4.06. The van der Waals surface area contributed by atoms with Gasteiger partial charge in [0, 0.05) is 18.2 Å². The minimum atomic E-state index is -0.381. The van der Waals surface area contributed by atoms with Crippen LogP contribution in [0.1, 0.15) is 12.5 Å². The standard InChI is InChI=1S/C13H16FN3O/c1-4-18-11-6-5-9(7-10(11)14)12-8(2)13(15)16-17(12)3/h5-7H,4H2,1-3H3,(H2,15,16). The van der Waals surface area contributed by atoms with Crippen LogP contribution in [0.2, 0.25) is 0 Å². The molecule has 18 heavy (non-hydrogen) atoms. The van der Waals surface area contributed by atoms with E-state index in [4.69, 9.17) is 10.5 Å². The fourth-order valence-electron chi connectivity index (χ4n) is 1.97. The summed E-state index contributed by atoms with van der Waals surface area (Å²) < 4.78 is 20.6. The second-order valence-electron chi connectivity index (χ2n) is 4.06. The van der Waals surface area contributed by atoms with Crippen molar-refractivity contribution >= 4 is 5.82 Å². The molecule has 0 unspecified atom stereocenters. The Bertz CT molecular complexity index is 578. The maximum absolute atomic E-state index is 13.8. The van der Waals surface area contributed by atoms with Gasteiger partial charge < -0.3 is 10.5 Å². The van der Waals surface area contributed by atoms with Gasteiger partial charge in [-0.2, -0.15) is 5.10 Å². The fourth-order valence-corrected chi connectivity index (χ4v) is 1.97. The molecule has 4 nitrogen and oxygen atoms in total. The first-order chi connectivity index (χ1) is 8.54. The Labute approximate surface area is 105 Å². The zero-order valence-electron chi connectivity index (χ0n) is 10.7. The summed E-state index contributed by atoms with van der Waals surface area (Å²) in [4.78, 5) is 0. The highest BCUT2D eigenvalue weighted by Gasteiger charge is 2.14. The molecule has 0 amide bonds. The van der Waals surface area contributed by atoms with Gasteiger partial charge in [0.15, 0.2) is 11.6 Å². The molecule has 5 heteroatoms. The molecule has 0 aliphatic rings. The van der Waals surface area contributed by atoms with E-state index in [2.05, 4.69) is 5.10 Å². The normalized spacial score (nSPS) is 10.7. The van der Waals surface area contributed by atoms with Gasteiger partial charge in [-0.15, -0.1) is 0 Å². The topological polar surface area (TPSA) is 53.1 Å². The van der Waals surface area contributed by atoms with E-state index in [9.17, 15) is 4.39 Å². The number of nitrogens with two attached hydrogens (primary N) is 1. The van der Waals surface area contributed by atoms with Crippen molar-refractivity contribution in [2.75, 3.05) is 12.3 Å². The highest BCUT2D eigenvalue weighted by atomic mass is 19.1. The van der Waals surface area contributed by atoms with Crippen molar-refractivity contribution in [1.29, 1.82) is 0 Å². The number of benzene rings is 1.